The van der Waals surface area contributed by atoms with Gasteiger partial charge in [0.15, 0.2) is 0 Å². The minimum Gasteiger partial charge on any atom is -0.394 e. The number of rotatable bonds is 5. The van der Waals surface area contributed by atoms with Crippen molar-refractivity contribution in [1.82, 2.24) is 9.47 Å². The van der Waals surface area contributed by atoms with Crippen molar-refractivity contribution in [3.8, 4) is 23.7 Å². The molecule has 0 bridgehead atoms. The number of morpholine rings is 1. The molecule has 6 rings (SSSR count). The maximum atomic E-state index is 10.4. The number of aromatic nitrogens is 1. The lowest BCUT2D eigenvalue weighted by Gasteiger charge is -2.37. The van der Waals surface area contributed by atoms with Crippen LogP contribution in [0.1, 0.15) is 11.1 Å². The minimum atomic E-state index is -1.51. The Bertz CT molecular complexity index is 1570. The summed E-state index contributed by atoms with van der Waals surface area (Å²) >= 11 is 0. The van der Waals surface area contributed by atoms with Gasteiger partial charge in [-0.15, -0.1) is 0 Å². The predicted octanol–water partition coefficient (Wildman–Crippen LogP) is -2.49. The maximum Gasteiger partial charge on any atom is 0.147 e. The van der Waals surface area contributed by atoms with Gasteiger partial charge < -0.3 is 59.6 Å². The molecule has 3 aliphatic heterocycles. The van der Waals surface area contributed by atoms with E-state index >= 15 is 0 Å². The first-order valence-corrected chi connectivity index (χ1v) is 15.7. The third-order valence-corrected chi connectivity index (χ3v) is 9.11. The van der Waals surface area contributed by atoms with Gasteiger partial charge in [0.25, 0.3) is 0 Å². The van der Waals surface area contributed by atoms with Crippen LogP contribution in [0, 0.1) is 23.7 Å². The van der Waals surface area contributed by atoms with Gasteiger partial charge in [-0.05, 0) is 24.3 Å². The predicted molar refractivity (Wildman–Crippen MR) is 168 cm³/mol. The second kappa shape index (κ2) is 14.6. The van der Waals surface area contributed by atoms with Crippen molar-refractivity contribution in [3.63, 3.8) is 0 Å². The second-order valence-corrected chi connectivity index (χ2v) is 12.1. The Morgan fingerprint density at radius 2 is 1.09 bits per heavy atom. The first kappa shape index (κ1) is 33.8. The summed E-state index contributed by atoms with van der Waals surface area (Å²) in [4.78, 5) is 2.33. The molecule has 3 fully saturated rings. The van der Waals surface area contributed by atoms with Crippen LogP contribution in [0.3, 0.4) is 0 Å². The summed E-state index contributed by atoms with van der Waals surface area (Å²) < 4.78 is 18.8. The van der Waals surface area contributed by atoms with Gasteiger partial charge in [-0.1, -0.05) is 35.8 Å². The molecule has 0 aliphatic carbocycles. The standard InChI is InChI=1S/C34H40N2O11/c37-17-27-31(41)33(43)29(39)25(46-27)7-3-19-1-5-21-22-6-2-20(4-8-26-30(40)34(44)32(42)28(18-38)47-26)16-24(22)36(23(21)15-19)10-9-35-11-13-45-14-12-35/h1-2,5-6,15-16,25-34,37-44H,9-14,17-18H2/t25-,26-,27-,28-,29-,30-,31-,32-,33-,34-/m1/s1. The van der Waals surface area contributed by atoms with Gasteiger partial charge in [0.1, 0.15) is 61.0 Å². The summed E-state index contributed by atoms with van der Waals surface area (Å²) in [6.45, 7) is 3.33. The highest BCUT2D eigenvalue weighted by molar-refractivity contribution is 6.08. The van der Waals surface area contributed by atoms with Crippen LogP contribution in [0.5, 0.6) is 0 Å². The molecule has 0 amide bonds. The summed E-state index contributed by atoms with van der Waals surface area (Å²) in [5.41, 5.74) is 3.08. The second-order valence-electron chi connectivity index (χ2n) is 12.1. The third-order valence-electron chi connectivity index (χ3n) is 9.11. The molecular weight excluding hydrogens is 612 g/mol. The van der Waals surface area contributed by atoms with Crippen molar-refractivity contribution < 1.29 is 55.1 Å². The van der Waals surface area contributed by atoms with Crippen LogP contribution in [0.15, 0.2) is 36.4 Å². The van der Waals surface area contributed by atoms with Gasteiger partial charge in [0, 0.05) is 48.1 Å². The third kappa shape index (κ3) is 6.90. The molecule has 3 aliphatic rings. The van der Waals surface area contributed by atoms with E-state index in [4.69, 9.17) is 14.2 Å². The van der Waals surface area contributed by atoms with Crippen LogP contribution in [0.4, 0.5) is 0 Å². The average Bonchev–Trinajstić information content (AvgIpc) is 3.40. The molecule has 13 nitrogen and oxygen atoms in total. The van der Waals surface area contributed by atoms with Crippen LogP contribution in [0.25, 0.3) is 21.8 Å². The fourth-order valence-corrected chi connectivity index (χ4v) is 6.31. The van der Waals surface area contributed by atoms with E-state index in [1.807, 2.05) is 36.4 Å². The monoisotopic (exact) mass is 652 g/mol. The minimum absolute atomic E-state index is 0.535. The van der Waals surface area contributed by atoms with Crippen molar-refractivity contribution >= 4 is 21.8 Å². The van der Waals surface area contributed by atoms with Crippen LogP contribution < -0.4 is 0 Å². The molecule has 0 saturated carbocycles. The van der Waals surface area contributed by atoms with Crippen molar-refractivity contribution in [3.05, 3.63) is 47.5 Å². The van der Waals surface area contributed by atoms with Crippen molar-refractivity contribution in [1.29, 1.82) is 0 Å². The Morgan fingerprint density at radius 3 is 1.53 bits per heavy atom. The van der Waals surface area contributed by atoms with E-state index in [1.165, 1.54) is 0 Å². The first-order chi connectivity index (χ1) is 22.7. The lowest BCUT2D eigenvalue weighted by molar-refractivity contribution is -0.214. The lowest BCUT2D eigenvalue weighted by atomic mass is 9.95. The number of benzene rings is 2. The SMILES string of the molecule is OC[C@H]1O[C@H](C#Cc2ccc3c4ccc(C#C[C@H]5O[C@H](CO)[C@@H](O)[C@H](O)[C@@H]5O)cc4n(CCN4CCOCC4)c3c2)[C@@H](O)[C@@H](O)[C@@H]1O. The molecule has 2 aromatic carbocycles. The van der Waals surface area contributed by atoms with Crippen molar-refractivity contribution in [2.24, 2.45) is 0 Å². The maximum absolute atomic E-state index is 10.4. The zero-order valence-corrected chi connectivity index (χ0v) is 25.6. The van der Waals surface area contributed by atoms with Crippen LogP contribution >= 0.6 is 0 Å². The molecule has 47 heavy (non-hydrogen) atoms. The highest BCUT2D eigenvalue weighted by atomic mass is 16.5. The summed E-state index contributed by atoms with van der Waals surface area (Å²) in [5.74, 6) is 11.7. The van der Waals surface area contributed by atoms with Crippen molar-refractivity contribution in [2.75, 3.05) is 46.1 Å². The fraction of sp³-hybridized carbons (Fsp3) is 0.529. The van der Waals surface area contributed by atoms with E-state index < -0.39 is 74.3 Å². The van der Waals surface area contributed by atoms with Gasteiger partial charge in [-0.2, -0.15) is 0 Å². The quantitative estimate of drug-likeness (QED) is 0.135. The molecule has 0 unspecified atom stereocenters. The Kier molecular flexibility index (Phi) is 10.5. The highest BCUT2D eigenvalue weighted by Crippen LogP contribution is 2.31. The number of fused-ring (bicyclic) bond motifs is 3. The number of nitrogens with zero attached hydrogens (tertiary/aromatic N) is 2. The summed E-state index contributed by atoms with van der Waals surface area (Å²) in [5, 5.41) is 82.3. The molecule has 252 valence electrons. The Balaban J connectivity index is 1.34. The van der Waals surface area contributed by atoms with Gasteiger partial charge in [0.05, 0.1) is 37.5 Å². The lowest BCUT2D eigenvalue weighted by Crippen LogP contribution is -2.58. The Morgan fingerprint density at radius 1 is 0.617 bits per heavy atom. The highest BCUT2D eigenvalue weighted by Gasteiger charge is 2.43. The number of ether oxygens (including phenoxy) is 3. The molecule has 8 N–H and O–H groups in total. The number of aliphatic hydroxyl groups excluding tert-OH is 8. The van der Waals surface area contributed by atoms with E-state index in [-0.39, 0.29) is 0 Å². The Hall–Kier alpha value is -3.12. The number of hydrogen-bond acceptors (Lipinski definition) is 12. The Labute approximate surface area is 271 Å². The van der Waals surface area contributed by atoms with Gasteiger partial charge in [-0.25, -0.2) is 0 Å². The normalized spacial score (nSPS) is 33.3. The topological polar surface area (TPSA) is 198 Å². The fourth-order valence-electron chi connectivity index (χ4n) is 6.31. The summed E-state index contributed by atoms with van der Waals surface area (Å²) in [7, 11) is 0. The molecule has 10 atom stereocenters. The number of aliphatic hydroxyl groups is 8. The molecule has 1 aromatic heterocycles. The smallest absolute Gasteiger partial charge is 0.147 e. The molecule has 3 aromatic rings. The molecule has 0 spiro atoms. The van der Waals surface area contributed by atoms with Gasteiger partial charge in [0.2, 0.25) is 0 Å². The van der Waals surface area contributed by atoms with Crippen LogP contribution in [-0.4, -0.2) is 157 Å². The van der Waals surface area contributed by atoms with Crippen LogP contribution in [-0.2, 0) is 20.8 Å². The zero-order chi connectivity index (χ0) is 33.2. The molecular formula is C34H40N2O11. The molecule has 3 saturated heterocycles. The largest absolute Gasteiger partial charge is 0.394 e. The van der Waals surface area contributed by atoms with E-state index in [1.54, 1.807) is 0 Å². The molecule has 13 heteroatoms. The molecule has 0 radical (unpaired) electrons. The van der Waals surface area contributed by atoms with Crippen LogP contribution in [0.2, 0.25) is 0 Å². The van der Waals surface area contributed by atoms with E-state index in [0.717, 1.165) is 41.4 Å². The van der Waals surface area contributed by atoms with Crippen molar-refractivity contribution in [2.45, 2.75) is 67.6 Å². The zero-order valence-electron chi connectivity index (χ0n) is 25.6. The molecule has 4 heterocycles. The first-order valence-electron chi connectivity index (χ1n) is 15.7. The van der Waals surface area contributed by atoms with E-state index in [0.29, 0.717) is 30.9 Å². The summed E-state index contributed by atoms with van der Waals surface area (Å²) in [6, 6.07) is 11.5. The van der Waals surface area contributed by atoms with E-state index in [9.17, 15) is 40.9 Å². The average molecular weight is 653 g/mol. The summed E-state index contributed by atoms with van der Waals surface area (Å²) in [6.07, 6.45) is -13.2. The van der Waals surface area contributed by atoms with Gasteiger partial charge in [-0.3, -0.25) is 4.90 Å². The number of hydrogen-bond donors (Lipinski definition) is 8. The van der Waals surface area contributed by atoms with Gasteiger partial charge >= 0.3 is 0 Å². The van der Waals surface area contributed by atoms with E-state index in [2.05, 4.69) is 33.1 Å².